The van der Waals surface area contributed by atoms with Crippen molar-refractivity contribution in [2.45, 2.75) is 45.2 Å². The van der Waals surface area contributed by atoms with Gasteiger partial charge in [0, 0.05) is 16.3 Å². The van der Waals surface area contributed by atoms with Crippen LogP contribution in [0.4, 0.5) is 0 Å². The van der Waals surface area contributed by atoms with Gasteiger partial charge in [0.05, 0.1) is 11.1 Å². The fourth-order valence-corrected chi connectivity index (χ4v) is 5.44. The Hall–Kier alpha value is -1.64. The van der Waals surface area contributed by atoms with Gasteiger partial charge >= 0.3 is 0 Å². The number of H-pyrrole nitrogens is 1. The van der Waals surface area contributed by atoms with Crippen molar-refractivity contribution in [1.29, 1.82) is 0 Å². The normalized spacial score (nSPS) is 12.4. The first-order valence-corrected chi connectivity index (χ1v) is 12.1. The minimum Gasteiger partial charge on any atom is -0.355 e. The van der Waals surface area contributed by atoms with E-state index in [2.05, 4.69) is 42.1 Å². The number of hydrogen-bond acceptors (Lipinski definition) is 6. The molecule has 3 aromatic heterocycles. The number of fused-ring (bicyclic) bond motifs is 1. The molecule has 0 aliphatic carbocycles. The van der Waals surface area contributed by atoms with E-state index in [1.54, 1.807) is 22.7 Å². The maximum absolute atomic E-state index is 12.6. The highest BCUT2D eigenvalue weighted by Crippen LogP contribution is 2.30. The van der Waals surface area contributed by atoms with Gasteiger partial charge in [0.15, 0.2) is 5.16 Å². The highest BCUT2D eigenvalue weighted by atomic mass is 32.2. The number of carbonyl (C=O) groups excluding carboxylic acids is 1. The number of aromatic nitrogens is 2. The monoisotopic (exact) mass is 435 g/mol. The van der Waals surface area contributed by atoms with Crippen molar-refractivity contribution in [2.24, 2.45) is 5.92 Å². The van der Waals surface area contributed by atoms with Crippen LogP contribution in [0.15, 0.2) is 27.5 Å². The first kappa shape index (κ1) is 21.1. The van der Waals surface area contributed by atoms with Crippen molar-refractivity contribution in [3.63, 3.8) is 0 Å². The van der Waals surface area contributed by atoms with E-state index in [1.165, 1.54) is 16.6 Å². The number of hydrogen-bond donors (Lipinski definition) is 2. The lowest BCUT2D eigenvalue weighted by Gasteiger charge is -2.08. The van der Waals surface area contributed by atoms with Gasteiger partial charge in [-0.1, -0.05) is 38.1 Å². The van der Waals surface area contributed by atoms with E-state index in [-0.39, 0.29) is 17.2 Å². The summed E-state index contributed by atoms with van der Waals surface area (Å²) in [5, 5.41) is 6.16. The first-order valence-electron chi connectivity index (χ1n) is 9.42. The van der Waals surface area contributed by atoms with E-state index in [1.807, 2.05) is 11.4 Å². The third-order valence-corrected chi connectivity index (χ3v) is 7.55. The smallest absolute Gasteiger partial charge is 0.260 e. The molecule has 0 bridgehead atoms. The topological polar surface area (TPSA) is 74.8 Å². The zero-order valence-electron chi connectivity index (χ0n) is 16.3. The fraction of sp³-hybridized carbons (Fsp3) is 0.450. The number of rotatable bonds is 9. The molecular formula is C20H25N3O2S3. The number of aryl methyl sites for hydroxylation is 1. The molecule has 0 fully saturated rings. The molecule has 0 aromatic carbocycles. The minimum absolute atomic E-state index is 0.0517. The van der Waals surface area contributed by atoms with E-state index in [9.17, 15) is 9.59 Å². The molecule has 2 N–H and O–H groups in total. The molecule has 3 aromatic rings. The second kappa shape index (κ2) is 9.71. The third-order valence-electron chi connectivity index (χ3n) is 4.70. The Morgan fingerprint density at radius 1 is 1.43 bits per heavy atom. The standard InChI is InChI=1S/C20H25N3O2S3/c1-4-12(2)10-15-13(3)28-19-17(15)18(25)22-20(23-19)27-11-16(24)21-8-7-14-6-5-9-26-14/h5-6,9,12H,4,7-8,10-11H2,1-3H3,(H,21,24)(H,22,23,25). The molecule has 1 atom stereocenters. The maximum atomic E-state index is 12.6. The van der Waals surface area contributed by atoms with Crippen LogP contribution in [-0.4, -0.2) is 28.2 Å². The molecule has 150 valence electrons. The predicted molar refractivity (Wildman–Crippen MR) is 120 cm³/mol. The number of amides is 1. The summed E-state index contributed by atoms with van der Waals surface area (Å²) in [7, 11) is 0. The van der Waals surface area contributed by atoms with Crippen molar-refractivity contribution in [2.75, 3.05) is 12.3 Å². The average molecular weight is 436 g/mol. The fourth-order valence-electron chi connectivity index (χ4n) is 2.93. The molecule has 28 heavy (non-hydrogen) atoms. The molecule has 0 spiro atoms. The zero-order valence-corrected chi connectivity index (χ0v) is 18.8. The number of thioether (sulfide) groups is 1. The average Bonchev–Trinajstić information content (AvgIpc) is 3.28. The van der Waals surface area contributed by atoms with Crippen LogP contribution < -0.4 is 10.9 Å². The maximum Gasteiger partial charge on any atom is 0.260 e. The Morgan fingerprint density at radius 2 is 2.25 bits per heavy atom. The van der Waals surface area contributed by atoms with Gasteiger partial charge in [0.1, 0.15) is 4.83 Å². The van der Waals surface area contributed by atoms with E-state index < -0.39 is 0 Å². The van der Waals surface area contributed by atoms with E-state index in [4.69, 9.17) is 0 Å². The van der Waals surface area contributed by atoms with E-state index in [0.29, 0.717) is 23.0 Å². The van der Waals surface area contributed by atoms with Crippen LogP contribution in [0.3, 0.4) is 0 Å². The van der Waals surface area contributed by atoms with Crippen molar-refractivity contribution < 1.29 is 4.79 Å². The van der Waals surface area contributed by atoms with Gasteiger partial charge in [-0.25, -0.2) is 4.98 Å². The Morgan fingerprint density at radius 3 is 2.96 bits per heavy atom. The van der Waals surface area contributed by atoms with Crippen LogP contribution >= 0.6 is 34.4 Å². The summed E-state index contributed by atoms with van der Waals surface area (Å²) < 4.78 is 0. The van der Waals surface area contributed by atoms with Gasteiger partial charge in [-0.15, -0.1) is 22.7 Å². The molecule has 8 heteroatoms. The number of aromatic amines is 1. The van der Waals surface area contributed by atoms with Crippen LogP contribution in [-0.2, 0) is 17.6 Å². The Balaban J connectivity index is 1.62. The number of nitrogens with zero attached hydrogens (tertiary/aromatic N) is 1. The first-order chi connectivity index (χ1) is 13.5. The molecule has 0 saturated carbocycles. The molecule has 0 saturated heterocycles. The summed E-state index contributed by atoms with van der Waals surface area (Å²) in [5.74, 6) is 0.718. The quantitative estimate of drug-likeness (QED) is 0.386. The Bertz CT molecular complexity index is 992. The molecule has 0 radical (unpaired) electrons. The van der Waals surface area contributed by atoms with Gasteiger partial charge in [-0.3, -0.25) is 9.59 Å². The molecule has 1 amide bonds. The highest BCUT2D eigenvalue weighted by molar-refractivity contribution is 7.99. The second-order valence-electron chi connectivity index (χ2n) is 6.87. The van der Waals surface area contributed by atoms with Crippen molar-refractivity contribution in [1.82, 2.24) is 15.3 Å². The van der Waals surface area contributed by atoms with Crippen LogP contribution in [0.25, 0.3) is 10.2 Å². The lowest BCUT2D eigenvalue weighted by atomic mass is 9.98. The van der Waals surface area contributed by atoms with Crippen LogP contribution in [0, 0.1) is 12.8 Å². The van der Waals surface area contributed by atoms with Crippen molar-refractivity contribution >= 4 is 50.6 Å². The van der Waals surface area contributed by atoms with E-state index >= 15 is 0 Å². The number of thiophene rings is 2. The summed E-state index contributed by atoms with van der Waals surface area (Å²) in [6.07, 6.45) is 2.81. The summed E-state index contributed by atoms with van der Waals surface area (Å²) in [5.41, 5.74) is 1.01. The van der Waals surface area contributed by atoms with Crippen LogP contribution in [0.5, 0.6) is 0 Å². The van der Waals surface area contributed by atoms with Gasteiger partial charge in [-0.05, 0) is 42.7 Å². The van der Waals surface area contributed by atoms with Gasteiger partial charge in [-0.2, -0.15) is 0 Å². The molecule has 0 aliphatic rings. The number of carbonyl (C=O) groups is 1. The predicted octanol–water partition coefficient (Wildman–Crippen LogP) is 4.39. The molecule has 0 aliphatic heterocycles. The molecule has 3 heterocycles. The van der Waals surface area contributed by atoms with Gasteiger partial charge in [0.2, 0.25) is 5.91 Å². The Labute approximate surface area is 177 Å². The summed E-state index contributed by atoms with van der Waals surface area (Å²) in [6, 6.07) is 4.07. The molecule has 1 unspecified atom stereocenters. The summed E-state index contributed by atoms with van der Waals surface area (Å²) >= 11 is 4.52. The number of nitrogens with one attached hydrogen (secondary N) is 2. The lowest BCUT2D eigenvalue weighted by molar-refractivity contribution is -0.118. The van der Waals surface area contributed by atoms with Crippen molar-refractivity contribution in [3.05, 3.63) is 43.2 Å². The largest absolute Gasteiger partial charge is 0.355 e. The van der Waals surface area contributed by atoms with Gasteiger partial charge < -0.3 is 10.3 Å². The lowest BCUT2D eigenvalue weighted by Crippen LogP contribution is -2.27. The summed E-state index contributed by atoms with van der Waals surface area (Å²) in [6.45, 7) is 7.03. The van der Waals surface area contributed by atoms with Crippen LogP contribution in [0.2, 0.25) is 0 Å². The van der Waals surface area contributed by atoms with Crippen LogP contribution in [0.1, 0.15) is 35.6 Å². The van der Waals surface area contributed by atoms with Gasteiger partial charge in [0.25, 0.3) is 5.56 Å². The Kier molecular flexibility index (Phi) is 7.31. The minimum atomic E-state index is -0.103. The molecular weight excluding hydrogens is 410 g/mol. The SMILES string of the molecule is CCC(C)Cc1c(C)sc2nc(SCC(=O)NCCc3cccs3)[nH]c(=O)c12. The van der Waals surface area contributed by atoms with Crippen molar-refractivity contribution in [3.8, 4) is 0 Å². The molecule has 3 rings (SSSR count). The third kappa shape index (κ3) is 5.24. The summed E-state index contributed by atoms with van der Waals surface area (Å²) in [4.78, 5) is 35.3. The highest BCUT2D eigenvalue weighted by Gasteiger charge is 2.17. The zero-order chi connectivity index (χ0) is 20.1. The molecule has 5 nitrogen and oxygen atoms in total. The van der Waals surface area contributed by atoms with E-state index in [0.717, 1.165) is 34.5 Å². The second-order valence-corrected chi connectivity index (χ2v) is 10.1.